The van der Waals surface area contributed by atoms with E-state index in [2.05, 4.69) is 29.2 Å². The monoisotopic (exact) mass is 426 g/mol. The number of hydrogen-bond donors (Lipinski definition) is 1. The zero-order valence-corrected chi connectivity index (χ0v) is 18.3. The van der Waals surface area contributed by atoms with Crippen LogP contribution in [0.3, 0.4) is 0 Å². The molecule has 0 aliphatic carbocycles. The second-order valence-electron chi connectivity index (χ2n) is 8.09. The molecule has 3 aromatic carbocycles. The maximum absolute atomic E-state index is 13.0. The summed E-state index contributed by atoms with van der Waals surface area (Å²) in [6, 6.07) is 24.2. The Hall–Kier alpha value is -3.73. The number of likely N-dealkylation sites (tertiary alicyclic amines) is 1. The Kier molecular flexibility index (Phi) is 5.31. The van der Waals surface area contributed by atoms with Gasteiger partial charge in [-0.15, -0.1) is 0 Å². The summed E-state index contributed by atoms with van der Waals surface area (Å²) < 4.78 is 11.2. The van der Waals surface area contributed by atoms with E-state index in [0.717, 1.165) is 51.2 Å². The molecule has 4 aromatic rings. The summed E-state index contributed by atoms with van der Waals surface area (Å²) in [5, 5.41) is 1.13. The number of hydrogen-bond acceptors (Lipinski definition) is 3. The lowest BCUT2D eigenvalue weighted by molar-refractivity contribution is -0.129. The molecule has 32 heavy (non-hydrogen) atoms. The molecule has 0 saturated carbocycles. The minimum atomic E-state index is -0.0234. The van der Waals surface area contributed by atoms with E-state index in [0.29, 0.717) is 13.0 Å². The topological polar surface area (TPSA) is 54.6 Å². The van der Waals surface area contributed by atoms with Crippen molar-refractivity contribution in [2.24, 2.45) is 0 Å². The molecule has 5 heteroatoms. The highest BCUT2D eigenvalue weighted by molar-refractivity contribution is 5.94. The van der Waals surface area contributed by atoms with Gasteiger partial charge in [-0.2, -0.15) is 0 Å². The first-order valence-corrected chi connectivity index (χ1v) is 10.9. The number of benzene rings is 3. The number of methoxy groups -OCH3 is 2. The molecule has 5 rings (SSSR count). The molecule has 1 atom stereocenters. The number of ether oxygens (including phenoxy) is 2. The molecule has 1 aliphatic heterocycles. The van der Waals surface area contributed by atoms with Crippen LogP contribution in [0.5, 0.6) is 11.5 Å². The lowest BCUT2D eigenvalue weighted by Gasteiger charge is -2.26. The molecule has 0 spiro atoms. The summed E-state index contributed by atoms with van der Waals surface area (Å²) in [6.07, 6.45) is 1.33. The quantitative estimate of drug-likeness (QED) is 0.429. The molecule has 2 heterocycles. The number of fused-ring (bicyclic) bond motifs is 1. The number of amides is 1. The van der Waals surface area contributed by atoms with Crippen molar-refractivity contribution in [3.8, 4) is 22.8 Å². The molecule has 0 radical (unpaired) electrons. The summed E-state index contributed by atoms with van der Waals surface area (Å²) >= 11 is 0. The van der Waals surface area contributed by atoms with Gasteiger partial charge >= 0.3 is 0 Å². The highest BCUT2D eigenvalue weighted by atomic mass is 16.5. The van der Waals surface area contributed by atoms with Gasteiger partial charge in [-0.1, -0.05) is 48.5 Å². The van der Waals surface area contributed by atoms with Crippen molar-refractivity contribution in [2.75, 3.05) is 14.2 Å². The lowest BCUT2D eigenvalue weighted by atomic mass is 9.96. The van der Waals surface area contributed by atoms with E-state index in [1.54, 1.807) is 14.2 Å². The number of para-hydroxylation sites is 1. The maximum atomic E-state index is 13.0. The minimum absolute atomic E-state index is 0.0234. The molecule has 1 aromatic heterocycles. The van der Waals surface area contributed by atoms with Crippen LogP contribution in [-0.2, 0) is 11.3 Å². The number of carbonyl (C=O) groups is 1. The summed E-state index contributed by atoms with van der Waals surface area (Å²) in [7, 11) is 3.34. The molecule has 1 amide bonds. The molecule has 1 saturated heterocycles. The van der Waals surface area contributed by atoms with Crippen LogP contribution < -0.4 is 9.47 Å². The molecule has 1 fully saturated rings. The third-order valence-corrected chi connectivity index (χ3v) is 6.28. The van der Waals surface area contributed by atoms with Crippen molar-refractivity contribution in [2.45, 2.75) is 25.4 Å². The van der Waals surface area contributed by atoms with Gasteiger partial charge in [0, 0.05) is 35.0 Å². The molecule has 162 valence electrons. The first-order chi connectivity index (χ1) is 15.7. The maximum Gasteiger partial charge on any atom is 0.223 e. The Balaban J connectivity index is 1.68. The largest absolute Gasteiger partial charge is 0.497 e. The highest BCUT2D eigenvalue weighted by Crippen LogP contribution is 2.45. The van der Waals surface area contributed by atoms with Crippen molar-refractivity contribution in [3.63, 3.8) is 0 Å². The van der Waals surface area contributed by atoms with Crippen molar-refractivity contribution in [3.05, 3.63) is 83.9 Å². The van der Waals surface area contributed by atoms with Gasteiger partial charge in [-0.05, 0) is 36.2 Å². The second-order valence-corrected chi connectivity index (χ2v) is 8.09. The van der Waals surface area contributed by atoms with E-state index in [1.165, 1.54) is 0 Å². The van der Waals surface area contributed by atoms with Gasteiger partial charge in [0.1, 0.15) is 11.5 Å². The predicted octanol–water partition coefficient (Wildman–Crippen LogP) is 5.72. The summed E-state index contributed by atoms with van der Waals surface area (Å²) in [6.45, 7) is 0.596. The Morgan fingerprint density at radius 3 is 2.53 bits per heavy atom. The molecular weight excluding hydrogens is 400 g/mol. The average Bonchev–Trinajstić information content (AvgIpc) is 3.39. The van der Waals surface area contributed by atoms with Crippen LogP contribution in [0.4, 0.5) is 0 Å². The second kappa shape index (κ2) is 8.42. The molecular formula is C27H26N2O3. The SMILES string of the molecule is COc1ccc(OC)c(-c2[nH]c3ccccc3c2[C@@H]2CCC(=O)N2Cc2ccccc2)c1. The van der Waals surface area contributed by atoms with Gasteiger partial charge < -0.3 is 19.4 Å². The van der Waals surface area contributed by atoms with Crippen LogP contribution in [0.2, 0.25) is 0 Å². The Labute approximate surface area is 187 Å². The number of H-pyrrole nitrogens is 1. The number of aromatic nitrogens is 1. The van der Waals surface area contributed by atoms with E-state index in [4.69, 9.17) is 9.47 Å². The van der Waals surface area contributed by atoms with Crippen LogP contribution in [0.25, 0.3) is 22.2 Å². The average molecular weight is 427 g/mol. The predicted molar refractivity (Wildman–Crippen MR) is 126 cm³/mol. The van der Waals surface area contributed by atoms with E-state index in [1.807, 2.05) is 53.4 Å². The molecule has 0 unspecified atom stereocenters. The van der Waals surface area contributed by atoms with Gasteiger partial charge in [-0.25, -0.2) is 0 Å². The fourth-order valence-electron chi connectivity index (χ4n) is 4.74. The summed E-state index contributed by atoms with van der Waals surface area (Å²) in [4.78, 5) is 18.6. The highest BCUT2D eigenvalue weighted by Gasteiger charge is 2.36. The zero-order valence-electron chi connectivity index (χ0n) is 18.3. The van der Waals surface area contributed by atoms with E-state index < -0.39 is 0 Å². The molecule has 5 nitrogen and oxygen atoms in total. The van der Waals surface area contributed by atoms with Crippen molar-refractivity contribution in [1.82, 2.24) is 9.88 Å². The van der Waals surface area contributed by atoms with Crippen molar-refractivity contribution < 1.29 is 14.3 Å². The molecule has 1 aliphatic rings. The third-order valence-electron chi connectivity index (χ3n) is 6.28. The first kappa shape index (κ1) is 20.2. The van der Waals surface area contributed by atoms with Gasteiger partial charge in [0.2, 0.25) is 5.91 Å². The Bertz CT molecular complexity index is 1260. The van der Waals surface area contributed by atoms with Gasteiger partial charge in [-0.3, -0.25) is 4.79 Å². The van der Waals surface area contributed by atoms with Gasteiger partial charge in [0.15, 0.2) is 0 Å². The fraction of sp³-hybridized carbons (Fsp3) is 0.222. The first-order valence-electron chi connectivity index (χ1n) is 10.9. The molecule has 0 bridgehead atoms. The lowest BCUT2D eigenvalue weighted by Crippen LogP contribution is -2.27. The van der Waals surface area contributed by atoms with Crippen LogP contribution in [0.15, 0.2) is 72.8 Å². The number of aromatic amines is 1. The van der Waals surface area contributed by atoms with Crippen LogP contribution in [0, 0.1) is 0 Å². The number of rotatable bonds is 6. The normalized spacial score (nSPS) is 16.0. The summed E-state index contributed by atoms with van der Waals surface area (Å²) in [5.74, 6) is 1.71. The van der Waals surface area contributed by atoms with E-state index in [-0.39, 0.29) is 11.9 Å². The van der Waals surface area contributed by atoms with Crippen molar-refractivity contribution >= 4 is 16.8 Å². The number of carbonyl (C=O) groups excluding carboxylic acids is 1. The van der Waals surface area contributed by atoms with Gasteiger partial charge in [0.25, 0.3) is 0 Å². The van der Waals surface area contributed by atoms with Gasteiger partial charge in [0.05, 0.1) is 26.0 Å². The number of nitrogens with one attached hydrogen (secondary N) is 1. The van der Waals surface area contributed by atoms with Crippen LogP contribution in [0.1, 0.15) is 30.0 Å². The minimum Gasteiger partial charge on any atom is -0.497 e. The zero-order chi connectivity index (χ0) is 22.1. The smallest absolute Gasteiger partial charge is 0.223 e. The summed E-state index contributed by atoms with van der Waals surface area (Å²) in [5.41, 5.74) is 5.21. The number of nitrogens with zero attached hydrogens (tertiary/aromatic N) is 1. The molecule has 1 N–H and O–H groups in total. The Morgan fingerprint density at radius 1 is 0.969 bits per heavy atom. The van der Waals surface area contributed by atoms with E-state index in [9.17, 15) is 4.79 Å². The van der Waals surface area contributed by atoms with E-state index >= 15 is 0 Å². The third kappa shape index (κ3) is 3.50. The Morgan fingerprint density at radius 2 is 1.75 bits per heavy atom. The van der Waals surface area contributed by atoms with Crippen molar-refractivity contribution in [1.29, 1.82) is 0 Å². The van der Waals surface area contributed by atoms with Crippen LogP contribution in [-0.4, -0.2) is 30.0 Å². The van der Waals surface area contributed by atoms with Crippen LogP contribution >= 0.6 is 0 Å². The standard InChI is InChI=1S/C27H26N2O3/c1-31-19-12-14-24(32-2)21(16-19)27-26(20-10-6-7-11-22(20)28-27)23-13-15-25(30)29(23)17-18-8-4-3-5-9-18/h3-12,14,16,23,28H,13,15,17H2,1-2H3/t23-/m0/s1. The fourth-order valence-corrected chi connectivity index (χ4v) is 4.74.